The predicted molar refractivity (Wildman–Crippen MR) is 96.0 cm³/mol. The van der Waals surface area contributed by atoms with E-state index in [2.05, 4.69) is 5.32 Å². The minimum absolute atomic E-state index is 0.0537. The molecule has 132 valence electrons. The standard InChI is InChI=1S/C18H16Cl2FNO3/c1-9-4-10(2)17(11(3)5-9)22-16(23)8-25-18(24)12-6-15(21)14(20)7-13(12)19/h4-7H,8H2,1-3H3,(H,22,23). The molecule has 25 heavy (non-hydrogen) atoms. The monoisotopic (exact) mass is 383 g/mol. The van der Waals surface area contributed by atoms with Gasteiger partial charge in [0.2, 0.25) is 0 Å². The van der Waals surface area contributed by atoms with Crippen molar-refractivity contribution in [3.8, 4) is 0 Å². The number of amides is 1. The number of aryl methyl sites for hydroxylation is 3. The summed E-state index contributed by atoms with van der Waals surface area (Å²) in [5, 5.41) is 2.45. The Morgan fingerprint density at radius 2 is 1.64 bits per heavy atom. The zero-order valence-corrected chi connectivity index (χ0v) is 15.4. The number of esters is 1. The van der Waals surface area contributed by atoms with Crippen LogP contribution in [0.4, 0.5) is 10.1 Å². The van der Waals surface area contributed by atoms with Gasteiger partial charge in [-0.25, -0.2) is 9.18 Å². The molecule has 0 atom stereocenters. The fourth-order valence-corrected chi connectivity index (χ4v) is 2.90. The highest BCUT2D eigenvalue weighted by Crippen LogP contribution is 2.25. The summed E-state index contributed by atoms with van der Waals surface area (Å²) >= 11 is 11.4. The van der Waals surface area contributed by atoms with Crippen LogP contribution in [-0.2, 0) is 9.53 Å². The van der Waals surface area contributed by atoms with E-state index in [1.165, 1.54) is 0 Å². The minimum Gasteiger partial charge on any atom is -0.452 e. The quantitative estimate of drug-likeness (QED) is 0.606. The van der Waals surface area contributed by atoms with Crippen molar-refractivity contribution in [2.75, 3.05) is 11.9 Å². The van der Waals surface area contributed by atoms with Gasteiger partial charge in [-0.15, -0.1) is 0 Å². The maximum absolute atomic E-state index is 13.4. The van der Waals surface area contributed by atoms with E-state index in [9.17, 15) is 14.0 Å². The molecule has 0 aliphatic rings. The number of carbonyl (C=O) groups excluding carboxylic acids is 2. The van der Waals surface area contributed by atoms with E-state index in [0.717, 1.165) is 28.8 Å². The number of hydrogen-bond acceptors (Lipinski definition) is 3. The van der Waals surface area contributed by atoms with Crippen LogP contribution < -0.4 is 5.32 Å². The van der Waals surface area contributed by atoms with Crippen LogP contribution in [0.5, 0.6) is 0 Å². The second kappa shape index (κ2) is 7.85. The zero-order chi connectivity index (χ0) is 18.7. The lowest BCUT2D eigenvalue weighted by molar-refractivity contribution is -0.119. The van der Waals surface area contributed by atoms with Gasteiger partial charge in [0, 0.05) is 5.69 Å². The van der Waals surface area contributed by atoms with Gasteiger partial charge in [0.05, 0.1) is 15.6 Å². The molecule has 0 radical (unpaired) electrons. The van der Waals surface area contributed by atoms with Crippen molar-refractivity contribution in [2.24, 2.45) is 0 Å². The fourth-order valence-electron chi connectivity index (χ4n) is 2.44. The Kier molecular flexibility index (Phi) is 6.03. The number of carbonyl (C=O) groups is 2. The van der Waals surface area contributed by atoms with Crippen LogP contribution in [-0.4, -0.2) is 18.5 Å². The molecule has 4 nitrogen and oxygen atoms in total. The van der Waals surface area contributed by atoms with Gasteiger partial charge in [-0.2, -0.15) is 0 Å². The highest BCUT2D eigenvalue weighted by atomic mass is 35.5. The number of benzene rings is 2. The van der Waals surface area contributed by atoms with Gasteiger partial charge in [-0.1, -0.05) is 40.9 Å². The van der Waals surface area contributed by atoms with Crippen LogP contribution in [0.1, 0.15) is 27.0 Å². The van der Waals surface area contributed by atoms with E-state index in [0.29, 0.717) is 5.69 Å². The van der Waals surface area contributed by atoms with Crippen LogP contribution in [0.3, 0.4) is 0 Å². The average molecular weight is 384 g/mol. The second-order valence-electron chi connectivity index (χ2n) is 5.64. The first-order chi connectivity index (χ1) is 11.7. The summed E-state index contributed by atoms with van der Waals surface area (Å²) in [6.07, 6.45) is 0. The van der Waals surface area contributed by atoms with Gasteiger partial charge in [0.15, 0.2) is 6.61 Å². The lowest BCUT2D eigenvalue weighted by Gasteiger charge is -2.13. The minimum atomic E-state index is -0.909. The van der Waals surface area contributed by atoms with Gasteiger partial charge in [-0.3, -0.25) is 4.79 Å². The largest absolute Gasteiger partial charge is 0.452 e. The maximum Gasteiger partial charge on any atom is 0.340 e. The summed E-state index contributed by atoms with van der Waals surface area (Å²) in [5.41, 5.74) is 3.36. The Hall–Kier alpha value is -2.11. The van der Waals surface area contributed by atoms with Crippen molar-refractivity contribution < 1.29 is 18.7 Å². The molecule has 0 saturated heterocycles. The third kappa shape index (κ3) is 4.71. The molecule has 0 aliphatic carbocycles. The number of ether oxygens (including phenoxy) is 1. The van der Waals surface area contributed by atoms with Crippen molar-refractivity contribution >= 4 is 40.8 Å². The van der Waals surface area contributed by atoms with Gasteiger partial charge in [-0.05, 0) is 44.0 Å². The summed E-state index contributed by atoms with van der Waals surface area (Å²) in [5.74, 6) is -2.21. The average Bonchev–Trinajstić information content (AvgIpc) is 2.52. The second-order valence-corrected chi connectivity index (χ2v) is 6.46. The first-order valence-corrected chi connectivity index (χ1v) is 8.14. The molecular weight excluding hydrogens is 368 g/mol. The Balaban J connectivity index is 2.03. The number of rotatable bonds is 4. The molecule has 0 saturated carbocycles. The van der Waals surface area contributed by atoms with Crippen molar-refractivity contribution in [1.82, 2.24) is 0 Å². The van der Waals surface area contributed by atoms with Gasteiger partial charge < -0.3 is 10.1 Å². The van der Waals surface area contributed by atoms with Crippen LogP contribution in [0, 0.1) is 26.6 Å². The molecule has 7 heteroatoms. The molecule has 1 amide bonds. The van der Waals surface area contributed by atoms with E-state index in [1.807, 2.05) is 32.9 Å². The maximum atomic E-state index is 13.4. The fraction of sp³-hybridized carbons (Fsp3) is 0.222. The number of halogens is 3. The molecule has 1 N–H and O–H groups in total. The summed E-state index contributed by atoms with van der Waals surface area (Å²) in [6.45, 7) is 5.18. The molecule has 0 fully saturated rings. The van der Waals surface area contributed by atoms with E-state index < -0.39 is 24.3 Å². The number of hydrogen-bond donors (Lipinski definition) is 1. The summed E-state index contributed by atoms with van der Waals surface area (Å²) in [6, 6.07) is 5.85. The molecule has 2 aromatic rings. The molecule has 2 rings (SSSR count). The molecule has 0 unspecified atom stereocenters. The van der Waals surface area contributed by atoms with Crippen molar-refractivity contribution in [3.05, 3.63) is 62.4 Å². The van der Waals surface area contributed by atoms with Crippen molar-refractivity contribution in [1.29, 1.82) is 0 Å². The summed E-state index contributed by atoms with van der Waals surface area (Å²) in [4.78, 5) is 24.0. The Morgan fingerprint density at radius 1 is 1.04 bits per heavy atom. The van der Waals surface area contributed by atoms with Crippen LogP contribution in [0.15, 0.2) is 24.3 Å². The lowest BCUT2D eigenvalue weighted by Crippen LogP contribution is -2.22. The number of nitrogens with one attached hydrogen (secondary N) is 1. The molecule has 0 heterocycles. The molecule has 0 bridgehead atoms. The third-order valence-electron chi connectivity index (χ3n) is 3.51. The summed E-state index contributed by atoms with van der Waals surface area (Å²) in [7, 11) is 0. The van der Waals surface area contributed by atoms with E-state index in [4.69, 9.17) is 27.9 Å². The zero-order valence-electron chi connectivity index (χ0n) is 13.9. The molecule has 0 aliphatic heterocycles. The normalized spacial score (nSPS) is 10.5. The molecular formula is C18H16Cl2FNO3. The van der Waals surface area contributed by atoms with E-state index in [-0.39, 0.29) is 15.6 Å². The van der Waals surface area contributed by atoms with Crippen LogP contribution in [0.2, 0.25) is 10.0 Å². The third-order valence-corrected chi connectivity index (χ3v) is 4.11. The Morgan fingerprint density at radius 3 is 2.24 bits per heavy atom. The van der Waals surface area contributed by atoms with E-state index >= 15 is 0 Å². The topological polar surface area (TPSA) is 55.4 Å². The first kappa shape index (κ1) is 19.2. The Bertz CT molecular complexity index is 829. The van der Waals surface area contributed by atoms with Gasteiger partial charge >= 0.3 is 5.97 Å². The smallest absolute Gasteiger partial charge is 0.340 e. The van der Waals surface area contributed by atoms with Gasteiger partial charge in [0.1, 0.15) is 5.82 Å². The lowest BCUT2D eigenvalue weighted by atomic mass is 10.1. The Labute approximate surface area is 154 Å². The van der Waals surface area contributed by atoms with Crippen molar-refractivity contribution in [3.63, 3.8) is 0 Å². The summed E-state index contributed by atoms with van der Waals surface area (Å²) < 4.78 is 18.3. The SMILES string of the molecule is Cc1cc(C)c(NC(=O)COC(=O)c2cc(F)c(Cl)cc2Cl)c(C)c1. The highest BCUT2D eigenvalue weighted by molar-refractivity contribution is 6.36. The highest BCUT2D eigenvalue weighted by Gasteiger charge is 2.17. The van der Waals surface area contributed by atoms with E-state index in [1.54, 1.807) is 0 Å². The molecule has 0 spiro atoms. The molecule has 2 aromatic carbocycles. The van der Waals surface area contributed by atoms with Crippen LogP contribution in [0.25, 0.3) is 0 Å². The molecule has 0 aromatic heterocycles. The predicted octanol–water partition coefficient (Wildman–Crippen LogP) is 4.85. The first-order valence-electron chi connectivity index (χ1n) is 7.38. The number of anilines is 1. The van der Waals surface area contributed by atoms with Crippen LogP contribution >= 0.6 is 23.2 Å². The van der Waals surface area contributed by atoms with Gasteiger partial charge in [0.25, 0.3) is 5.91 Å². The van der Waals surface area contributed by atoms with Crippen molar-refractivity contribution in [2.45, 2.75) is 20.8 Å².